The van der Waals surface area contributed by atoms with Crippen molar-refractivity contribution in [2.45, 2.75) is 37.2 Å². The predicted molar refractivity (Wildman–Crippen MR) is 100 cm³/mol. The lowest BCUT2D eigenvalue weighted by atomic mass is 9.72. The molecule has 2 saturated heterocycles. The topological polar surface area (TPSA) is 64.6 Å². The van der Waals surface area contributed by atoms with Gasteiger partial charge in [0.25, 0.3) is 0 Å². The molecule has 27 heavy (non-hydrogen) atoms. The SMILES string of the molecule is O=C(N1CCC(Oc2ccncn2)CC1)C1(c2ccccc2)CCOCC1. The van der Waals surface area contributed by atoms with Gasteiger partial charge in [0.2, 0.25) is 11.8 Å². The van der Waals surface area contributed by atoms with Crippen molar-refractivity contribution >= 4 is 5.91 Å². The van der Waals surface area contributed by atoms with Crippen LogP contribution in [0, 0.1) is 0 Å². The van der Waals surface area contributed by atoms with Crippen molar-refractivity contribution in [1.29, 1.82) is 0 Å². The average Bonchev–Trinajstić information content (AvgIpc) is 2.76. The lowest BCUT2D eigenvalue weighted by molar-refractivity contribution is -0.143. The molecule has 0 saturated carbocycles. The molecular weight excluding hydrogens is 342 g/mol. The van der Waals surface area contributed by atoms with Gasteiger partial charge in [0.15, 0.2) is 0 Å². The number of carbonyl (C=O) groups is 1. The van der Waals surface area contributed by atoms with Crippen molar-refractivity contribution < 1.29 is 14.3 Å². The minimum atomic E-state index is -0.458. The summed E-state index contributed by atoms with van der Waals surface area (Å²) in [7, 11) is 0. The van der Waals surface area contributed by atoms with Gasteiger partial charge in [-0.15, -0.1) is 0 Å². The summed E-state index contributed by atoms with van der Waals surface area (Å²) in [4.78, 5) is 23.6. The summed E-state index contributed by atoms with van der Waals surface area (Å²) in [5.41, 5.74) is 0.650. The van der Waals surface area contributed by atoms with Crippen molar-refractivity contribution in [1.82, 2.24) is 14.9 Å². The van der Waals surface area contributed by atoms with E-state index in [9.17, 15) is 4.79 Å². The van der Waals surface area contributed by atoms with Crippen LogP contribution in [0.15, 0.2) is 48.9 Å². The normalized spacial score (nSPS) is 20.2. The zero-order valence-electron chi connectivity index (χ0n) is 15.4. The van der Waals surface area contributed by atoms with Crippen LogP contribution >= 0.6 is 0 Å². The number of carbonyl (C=O) groups excluding carboxylic acids is 1. The highest BCUT2D eigenvalue weighted by atomic mass is 16.5. The second-order valence-electron chi connectivity index (χ2n) is 7.22. The summed E-state index contributed by atoms with van der Waals surface area (Å²) >= 11 is 0. The van der Waals surface area contributed by atoms with E-state index in [0.29, 0.717) is 32.2 Å². The minimum absolute atomic E-state index is 0.0892. The van der Waals surface area contributed by atoms with Gasteiger partial charge in [0, 0.05) is 51.4 Å². The van der Waals surface area contributed by atoms with Gasteiger partial charge in [-0.2, -0.15) is 0 Å². The Labute approximate surface area is 159 Å². The van der Waals surface area contributed by atoms with Crippen LogP contribution in [0.1, 0.15) is 31.2 Å². The number of aromatic nitrogens is 2. The van der Waals surface area contributed by atoms with Gasteiger partial charge in [0.05, 0.1) is 5.41 Å². The van der Waals surface area contributed by atoms with Gasteiger partial charge in [-0.1, -0.05) is 30.3 Å². The van der Waals surface area contributed by atoms with Crippen molar-refractivity contribution in [2.24, 2.45) is 0 Å². The molecule has 0 N–H and O–H groups in total. The molecule has 0 spiro atoms. The van der Waals surface area contributed by atoms with E-state index in [1.165, 1.54) is 6.33 Å². The lowest BCUT2D eigenvalue weighted by Crippen LogP contribution is -2.53. The van der Waals surface area contributed by atoms with E-state index in [4.69, 9.17) is 9.47 Å². The molecule has 2 fully saturated rings. The van der Waals surface area contributed by atoms with Crippen LogP contribution in [-0.4, -0.2) is 53.2 Å². The highest BCUT2D eigenvalue weighted by molar-refractivity contribution is 5.88. The molecule has 2 aliphatic heterocycles. The van der Waals surface area contributed by atoms with Gasteiger partial charge < -0.3 is 14.4 Å². The number of amides is 1. The molecule has 1 amide bonds. The van der Waals surface area contributed by atoms with Crippen LogP contribution in [0.25, 0.3) is 0 Å². The zero-order valence-corrected chi connectivity index (χ0v) is 15.4. The highest BCUT2D eigenvalue weighted by Gasteiger charge is 2.44. The van der Waals surface area contributed by atoms with Crippen LogP contribution in [0.2, 0.25) is 0 Å². The molecule has 142 valence electrons. The second-order valence-corrected chi connectivity index (χ2v) is 7.22. The third-order valence-electron chi connectivity index (χ3n) is 5.65. The van der Waals surface area contributed by atoms with Gasteiger partial charge in [-0.05, 0) is 18.4 Å². The fourth-order valence-corrected chi connectivity index (χ4v) is 4.10. The molecule has 2 aliphatic rings. The third kappa shape index (κ3) is 3.81. The van der Waals surface area contributed by atoms with Crippen LogP contribution in [0.3, 0.4) is 0 Å². The molecule has 2 aromatic rings. The fourth-order valence-electron chi connectivity index (χ4n) is 4.10. The Hall–Kier alpha value is -2.47. The molecule has 3 heterocycles. The van der Waals surface area contributed by atoms with E-state index in [2.05, 4.69) is 22.1 Å². The van der Waals surface area contributed by atoms with Gasteiger partial charge >= 0.3 is 0 Å². The summed E-state index contributed by atoms with van der Waals surface area (Å²) in [5.74, 6) is 0.831. The number of rotatable bonds is 4. The first-order valence-electron chi connectivity index (χ1n) is 9.63. The molecule has 1 aromatic carbocycles. The molecule has 4 rings (SSSR count). The first-order chi connectivity index (χ1) is 13.3. The molecular formula is C21H25N3O3. The summed E-state index contributed by atoms with van der Waals surface area (Å²) in [6, 6.07) is 12.0. The van der Waals surface area contributed by atoms with Gasteiger partial charge in [0.1, 0.15) is 12.4 Å². The Morgan fingerprint density at radius 2 is 1.85 bits per heavy atom. The Kier molecular flexibility index (Phi) is 5.34. The molecule has 0 bridgehead atoms. The number of ether oxygens (including phenoxy) is 2. The third-order valence-corrected chi connectivity index (χ3v) is 5.65. The molecule has 6 heteroatoms. The van der Waals surface area contributed by atoms with E-state index >= 15 is 0 Å². The summed E-state index contributed by atoms with van der Waals surface area (Å²) in [6.45, 7) is 2.69. The first-order valence-corrected chi connectivity index (χ1v) is 9.63. The maximum atomic E-state index is 13.5. The maximum Gasteiger partial charge on any atom is 0.233 e. The monoisotopic (exact) mass is 367 g/mol. The number of benzene rings is 1. The van der Waals surface area contributed by atoms with Crippen molar-refractivity contribution in [3.63, 3.8) is 0 Å². The van der Waals surface area contributed by atoms with Crippen LogP contribution in [0.5, 0.6) is 5.88 Å². The van der Waals surface area contributed by atoms with E-state index < -0.39 is 5.41 Å². The number of hydrogen-bond donors (Lipinski definition) is 0. The Balaban J connectivity index is 1.44. The van der Waals surface area contributed by atoms with Crippen molar-refractivity contribution in [3.8, 4) is 5.88 Å². The summed E-state index contributed by atoms with van der Waals surface area (Å²) in [6.07, 6.45) is 6.37. The molecule has 0 unspecified atom stereocenters. The van der Waals surface area contributed by atoms with Gasteiger partial charge in [-0.3, -0.25) is 4.79 Å². The Bertz CT molecular complexity index is 740. The largest absolute Gasteiger partial charge is 0.474 e. The average molecular weight is 367 g/mol. The standard InChI is InChI=1S/C21H25N3O3/c25-20(21(9-14-26-15-10-21)17-4-2-1-3-5-17)24-12-7-18(8-13-24)27-19-6-11-22-16-23-19/h1-6,11,16,18H,7-10,12-15H2. The van der Waals surface area contributed by atoms with E-state index in [0.717, 1.165) is 31.2 Å². The summed E-state index contributed by atoms with van der Waals surface area (Å²) in [5, 5.41) is 0. The Morgan fingerprint density at radius 3 is 2.52 bits per heavy atom. The lowest BCUT2D eigenvalue weighted by Gasteiger charge is -2.42. The second kappa shape index (κ2) is 8.05. The minimum Gasteiger partial charge on any atom is -0.474 e. The Morgan fingerprint density at radius 1 is 1.11 bits per heavy atom. The van der Waals surface area contributed by atoms with Gasteiger partial charge in [-0.25, -0.2) is 9.97 Å². The smallest absolute Gasteiger partial charge is 0.233 e. The van der Waals surface area contributed by atoms with Crippen LogP contribution in [0.4, 0.5) is 0 Å². The number of nitrogens with zero attached hydrogens (tertiary/aromatic N) is 3. The molecule has 0 atom stereocenters. The summed E-state index contributed by atoms with van der Waals surface area (Å²) < 4.78 is 11.5. The molecule has 0 aliphatic carbocycles. The predicted octanol–water partition coefficient (Wildman–Crippen LogP) is 2.59. The first kappa shape index (κ1) is 17.9. The molecule has 6 nitrogen and oxygen atoms in total. The van der Waals surface area contributed by atoms with Crippen molar-refractivity contribution in [3.05, 3.63) is 54.5 Å². The van der Waals surface area contributed by atoms with E-state index in [1.54, 1.807) is 12.3 Å². The molecule has 0 radical (unpaired) electrons. The quantitative estimate of drug-likeness (QED) is 0.831. The van der Waals surface area contributed by atoms with Crippen LogP contribution < -0.4 is 4.74 Å². The van der Waals surface area contributed by atoms with Crippen molar-refractivity contribution in [2.75, 3.05) is 26.3 Å². The highest BCUT2D eigenvalue weighted by Crippen LogP contribution is 2.37. The number of hydrogen-bond acceptors (Lipinski definition) is 5. The molecule has 1 aromatic heterocycles. The van der Waals surface area contributed by atoms with Crippen LogP contribution in [-0.2, 0) is 14.9 Å². The van der Waals surface area contributed by atoms with E-state index in [1.807, 2.05) is 23.1 Å². The number of piperidine rings is 1. The fraction of sp³-hybridized carbons (Fsp3) is 0.476. The number of likely N-dealkylation sites (tertiary alicyclic amines) is 1. The van der Waals surface area contributed by atoms with E-state index in [-0.39, 0.29) is 12.0 Å². The zero-order chi connectivity index (χ0) is 18.5. The maximum absolute atomic E-state index is 13.5.